The Hall–Kier alpha value is -1.62. The average Bonchev–Trinajstić information content (AvgIpc) is 2.87. The van der Waals surface area contributed by atoms with E-state index in [4.69, 9.17) is 5.73 Å². The van der Waals surface area contributed by atoms with Crippen molar-refractivity contribution in [1.82, 2.24) is 10.3 Å². The normalized spacial score (nSPS) is 18.2. The third-order valence-electron chi connectivity index (χ3n) is 3.78. The molecule has 5 heteroatoms. The number of nitrogens with one attached hydrogen (secondary N) is 1. The molecule has 0 aromatic carbocycles. The van der Waals surface area contributed by atoms with Gasteiger partial charge in [-0.1, -0.05) is 6.92 Å². The highest BCUT2D eigenvalue weighted by Gasteiger charge is 2.27. The Bertz CT molecular complexity index is 495. The molecule has 2 rings (SSSR count). The lowest BCUT2D eigenvalue weighted by Crippen LogP contribution is -2.39. The van der Waals surface area contributed by atoms with Crippen molar-refractivity contribution in [2.75, 3.05) is 24.5 Å². The molecule has 0 saturated carbocycles. The van der Waals surface area contributed by atoms with Gasteiger partial charge in [-0.25, -0.2) is 4.98 Å². The molecule has 2 heterocycles. The quantitative estimate of drug-likeness (QED) is 0.852. The monoisotopic (exact) mass is 276 g/mol. The maximum Gasteiger partial charge on any atom is 0.252 e. The fourth-order valence-corrected chi connectivity index (χ4v) is 2.94. The van der Waals surface area contributed by atoms with E-state index in [1.54, 1.807) is 0 Å². The molecular weight excluding hydrogens is 252 g/mol. The van der Waals surface area contributed by atoms with Crippen molar-refractivity contribution >= 4 is 11.7 Å². The second kappa shape index (κ2) is 6.22. The number of rotatable bonds is 5. The zero-order valence-corrected chi connectivity index (χ0v) is 12.6. The Labute approximate surface area is 120 Å². The van der Waals surface area contributed by atoms with Gasteiger partial charge in [-0.2, -0.15) is 0 Å². The lowest BCUT2D eigenvalue weighted by Gasteiger charge is -2.31. The van der Waals surface area contributed by atoms with Gasteiger partial charge in [-0.05, 0) is 44.9 Å². The van der Waals surface area contributed by atoms with E-state index in [2.05, 4.69) is 22.1 Å². The topological polar surface area (TPSA) is 71.2 Å². The average molecular weight is 276 g/mol. The van der Waals surface area contributed by atoms with Gasteiger partial charge >= 0.3 is 0 Å². The van der Waals surface area contributed by atoms with Gasteiger partial charge in [0.1, 0.15) is 5.82 Å². The Morgan fingerprint density at radius 3 is 2.85 bits per heavy atom. The number of pyridine rings is 1. The Balaban J connectivity index is 2.48. The third-order valence-corrected chi connectivity index (χ3v) is 3.78. The predicted molar refractivity (Wildman–Crippen MR) is 81.1 cm³/mol. The van der Waals surface area contributed by atoms with E-state index in [1.807, 2.05) is 19.9 Å². The van der Waals surface area contributed by atoms with Gasteiger partial charge in [0, 0.05) is 24.8 Å². The van der Waals surface area contributed by atoms with Crippen LogP contribution in [-0.4, -0.2) is 36.6 Å². The molecule has 0 spiro atoms. The fourth-order valence-electron chi connectivity index (χ4n) is 2.94. The standard InChI is InChI=1S/C15H24N4O/c1-4-7-19(12-5-6-17-9-12)15-13(14(16)20)10(2)8-11(3)18-15/h8,12,17H,4-7,9H2,1-3H3,(H2,16,20). The van der Waals surface area contributed by atoms with E-state index in [9.17, 15) is 4.79 Å². The highest BCUT2D eigenvalue weighted by Crippen LogP contribution is 2.26. The number of hydrogen-bond donors (Lipinski definition) is 2. The lowest BCUT2D eigenvalue weighted by atomic mass is 10.1. The van der Waals surface area contributed by atoms with Crippen LogP contribution in [0.4, 0.5) is 5.82 Å². The Kier molecular flexibility index (Phi) is 4.60. The van der Waals surface area contributed by atoms with Crippen LogP contribution < -0.4 is 16.0 Å². The van der Waals surface area contributed by atoms with E-state index in [1.165, 1.54) is 0 Å². The maximum atomic E-state index is 11.8. The Morgan fingerprint density at radius 2 is 2.30 bits per heavy atom. The van der Waals surface area contributed by atoms with Gasteiger partial charge in [0.05, 0.1) is 5.56 Å². The summed E-state index contributed by atoms with van der Waals surface area (Å²) in [5.74, 6) is 0.364. The van der Waals surface area contributed by atoms with Crippen molar-refractivity contribution in [2.45, 2.75) is 39.7 Å². The van der Waals surface area contributed by atoms with Crippen LogP contribution in [0.5, 0.6) is 0 Å². The zero-order chi connectivity index (χ0) is 14.7. The number of primary amides is 1. The number of aromatic nitrogens is 1. The van der Waals surface area contributed by atoms with Crippen LogP contribution in [0, 0.1) is 13.8 Å². The molecule has 1 atom stereocenters. The first-order chi connectivity index (χ1) is 9.54. The summed E-state index contributed by atoms with van der Waals surface area (Å²) in [6, 6.07) is 2.31. The van der Waals surface area contributed by atoms with Crippen molar-refractivity contribution in [3.8, 4) is 0 Å². The third kappa shape index (κ3) is 2.93. The molecule has 1 aliphatic heterocycles. The number of nitrogens with two attached hydrogens (primary N) is 1. The molecule has 110 valence electrons. The summed E-state index contributed by atoms with van der Waals surface area (Å²) in [6.07, 6.45) is 2.09. The molecule has 1 unspecified atom stereocenters. The van der Waals surface area contributed by atoms with Gasteiger partial charge in [0.25, 0.3) is 5.91 Å². The fraction of sp³-hybridized carbons (Fsp3) is 0.600. The highest BCUT2D eigenvalue weighted by atomic mass is 16.1. The molecule has 0 aliphatic carbocycles. The van der Waals surface area contributed by atoms with Crippen LogP contribution in [0.1, 0.15) is 41.4 Å². The number of nitrogens with zero attached hydrogens (tertiary/aromatic N) is 2. The van der Waals surface area contributed by atoms with Crippen molar-refractivity contribution in [3.05, 3.63) is 22.9 Å². The van der Waals surface area contributed by atoms with E-state index in [0.29, 0.717) is 11.6 Å². The molecule has 0 radical (unpaired) electrons. The molecule has 5 nitrogen and oxygen atoms in total. The number of hydrogen-bond acceptors (Lipinski definition) is 4. The first kappa shape index (κ1) is 14.8. The molecule has 3 N–H and O–H groups in total. The van der Waals surface area contributed by atoms with Gasteiger partial charge in [0.15, 0.2) is 0 Å². The summed E-state index contributed by atoms with van der Waals surface area (Å²) in [7, 11) is 0. The summed E-state index contributed by atoms with van der Waals surface area (Å²) < 4.78 is 0. The molecule has 1 fully saturated rings. The van der Waals surface area contributed by atoms with Crippen LogP contribution in [0.15, 0.2) is 6.07 Å². The zero-order valence-electron chi connectivity index (χ0n) is 12.6. The van der Waals surface area contributed by atoms with E-state index in [0.717, 1.165) is 49.6 Å². The molecular formula is C15H24N4O. The minimum Gasteiger partial charge on any atom is -0.365 e. The summed E-state index contributed by atoms with van der Waals surface area (Å²) in [6.45, 7) is 8.87. The van der Waals surface area contributed by atoms with Crippen molar-refractivity contribution in [1.29, 1.82) is 0 Å². The van der Waals surface area contributed by atoms with Gasteiger partial charge < -0.3 is 16.0 Å². The van der Waals surface area contributed by atoms with Crippen molar-refractivity contribution in [2.24, 2.45) is 5.73 Å². The number of aryl methyl sites for hydroxylation is 2. The SMILES string of the molecule is CCCN(c1nc(C)cc(C)c1C(N)=O)C1CCNC1. The lowest BCUT2D eigenvalue weighted by molar-refractivity contribution is 0.1000. The van der Waals surface area contributed by atoms with Crippen LogP contribution in [0.3, 0.4) is 0 Å². The predicted octanol–water partition coefficient (Wildman–Crippen LogP) is 1.38. The van der Waals surface area contributed by atoms with Gasteiger partial charge in [0.2, 0.25) is 0 Å². The van der Waals surface area contributed by atoms with E-state index >= 15 is 0 Å². The molecule has 20 heavy (non-hydrogen) atoms. The van der Waals surface area contributed by atoms with Crippen LogP contribution in [0.25, 0.3) is 0 Å². The second-order valence-electron chi connectivity index (χ2n) is 5.48. The Morgan fingerprint density at radius 1 is 1.55 bits per heavy atom. The number of carbonyl (C=O) groups is 1. The van der Waals surface area contributed by atoms with Crippen molar-refractivity contribution < 1.29 is 4.79 Å². The maximum absolute atomic E-state index is 11.8. The summed E-state index contributed by atoms with van der Waals surface area (Å²) in [5, 5.41) is 3.37. The van der Waals surface area contributed by atoms with Crippen molar-refractivity contribution in [3.63, 3.8) is 0 Å². The second-order valence-corrected chi connectivity index (χ2v) is 5.48. The minimum atomic E-state index is -0.392. The summed E-state index contributed by atoms with van der Waals surface area (Å²) in [5.41, 5.74) is 7.98. The molecule has 1 amide bonds. The van der Waals surface area contributed by atoms with Crippen LogP contribution in [-0.2, 0) is 0 Å². The number of carbonyl (C=O) groups excluding carboxylic acids is 1. The minimum absolute atomic E-state index is 0.391. The van der Waals surface area contributed by atoms with Crippen LogP contribution >= 0.6 is 0 Å². The highest BCUT2D eigenvalue weighted by molar-refractivity contribution is 5.99. The number of amides is 1. The molecule has 1 aromatic rings. The largest absolute Gasteiger partial charge is 0.365 e. The van der Waals surface area contributed by atoms with E-state index in [-0.39, 0.29) is 0 Å². The smallest absolute Gasteiger partial charge is 0.252 e. The first-order valence-electron chi connectivity index (χ1n) is 7.30. The van der Waals surface area contributed by atoms with Crippen LogP contribution in [0.2, 0.25) is 0 Å². The first-order valence-corrected chi connectivity index (χ1v) is 7.30. The molecule has 1 aliphatic rings. The van der Waals surface area contributed by atoms with Gasteiger partial charge in [-0.15, -0.1) is 0 Å². The van der Waals surface area contributed by atoms with E-state index < -0.39 is 5.91 Å². The number of anilines is 1. The summed E-state index contributed by atoms with van der Waals surface area (Å²) >= 11 is 0. The van der Waals surface area contributed by atoms with Gasteiger partial charge in [-0.3, -0.25) is 4.79 Å². The molecule has 0 bridgehead atoms. The molecule has 1 saturated heterocycles. The molecule has 1 aromatic heterocycles. The summed E-state index contributed by atoms with van der Waals surface area (Å²) in [4.78, 5) is 18.7.